The van der Waals surface area contributed by atoms with Crippen LogP contribution in [0.4, 0.5) is 0 Å². The van der Waals surface area contributed by atoms with E-state index in [0.29, 0.717) is 17.9 Å². The molecule has 3 aliphatic rings. The van der Waals surface area contributed by atoms with E-state index in [1.807, 2.05) is 18.2 Å². The molecule has 0 radical (unpaired) electrons. The summed E-state index contributed by atoms with van der Waals surface area (Å²) < 4.78 is 12.8. The van der Waals surface area contributed by atoms with Crippen molar-refractivity contribution >= 4 is 11.6 Å². The van der Waals surface area contributed by atoms with Crippen LogP contribution in [0.25, 0.3) is 0 Å². The van der Waals surface area contributed by atoms with E-state index in [0.717, 1.165) is 42.3 Å². The maximum atomic E-state index is 6.53. The molecule has 1 aromatic carbocycles. The summed E-state index contributed by atoms with van der Waals surface area (Å²) in [6.07, 6.45) is 2.74. The van der Waals surface area contributed by atoms with Gasteiger partial charge in [0.05, 0.1) is 12.2 Å². The van der Waals surface area contributed by atoms with Gasteiger partial charge in [-0.05, 0) is 57.4 Å². The summed E-state index contributed by atoms with van der Waals surface area (Å²) in [5.41, 5.74) is 0.928. The van der Waals surface area contributed by atoms with Gasteiger partial charge in [0.1, 0.15) is 11.4 Å². The first kappa shape index (κ1) is 13.9. The van der Waals surface area contributed by atoms with Gasteiger partial charge in [0, 0.05) is 23.0 Å². The molecule has 2 saturated heterocycles. The molecule has 4 rings (SSSR count). The second kappa shape index (κ2) is 4.87. The van der Waals surface area contributed by atoms with Gasteiger partial charge in [-0.15, -0.1) is 0 Å². The number of hydrogen-bond donors (Lipinski definition) is 1. The van der Waals surface area contributed by atoms with Gasteiger partial charge in [0.2, 0.25) is 0 Å². The third kappa shape index (κ3) is 2.26. The third-order valence-corrected chi connectivity index (χ3v) is 5.56. The molecule has 0 saturated carbocycles. The van der Waals surface area contributed by atoms with Crippen LogP contribution < -0.4 is 10.1 Å². The van der Waals surface area contributed by atoms with Gasteiger partial charge in [-0.1, -0.05) is 11.6 Å². The van der Waals surface area contributed by atoms with Crippen molar-refractivity contribution in [2.24, 2.45) is 11.8 Å². The van der Waals surface area contributed by atoms with Gasteiger partial charge in [0.25, 0.3) is 0 Å². The molecule has 0 aliphatic carbocycles. The fourth-order valence-electron chi connectivity index (χ4n) is 4.18. The van der Waals surface area contributed by atoms with Gasteiger partial charge in [0.15, 0.2) is 0 Å². The Kier molecular flexibility index (Phi) is 3.21. The summed E-state index contributed by atoms with van der Waals surface area (Å²) in [5, 5.41) is 4.25. The molecular weight excluding hydrogens is 286 g/mol. The Bertz CT molecular complexity index is 560. The van der Waals surface area contributed by atoms with Gasteiger partial charge >= 0.3 is 0 Å². The average molecular weight is 308 g/mol. The van der Waals surface area contributed by atoms with E-state index in [9.17, 15) is 0 Å². The average Bonchev–Trinajstić information content (AvgIpc) is 2.47. The molecule has 1 N–H and O–H groups in total. The lowest BCUT2D eigenvalue weighted by molar-refractivity contribution is -0.178. The molecule has 0 spiro atoms. The fraction of sp³-hybridized carbons (Fsp3) is 0.647. The largest absolute Gasteiger partial charge is 0.487 e. The van der Waals surface area contributed by atoms with E-state index in [2.05, 4.69) is 19.2 Å². The van der Waals surface area contributed by atoms with Crippen LogP contribution in [0.1, 0.15) is 38.4 Å². The van der Waals surface area contributed by atoms with Crippen LogP contribution in [0.3, 0.4) is 0 Å². The second-order valence-electron chi connectivity index (χ2n) is 7.08. The minimum Gasteiger partial charge on any atom is -0.487 e. The van der Waals surface area contributed by atoms with Crippen molar-refractivity contribution < 1.29 is 9.47 Å². The smallest absolute Gasteiger partial charge is 0.126 e. The Hall–Kier alpha value is -0.770. The zero-order chi connectivity index (χ0) is 14.6. The number of benzene rings is 1. The second-order valence-corrected chi connectivity index (χ2v) is 7.51. The van der Waals surface area contributed by atoms with E-state index in [4.69, 9.17) is 21.1 Å². The quantitative estimate of drug-likeness (QED) is 0.795. The number of fused-ring (bicyclic) bond motifs is 4. The summed E-state index contributed by atoms with van der Waals surface area (Å²) in [6.45, 7) is 6.48. The lowest BCUT2D eigenvalue weighted by Gasteiger charge is -2.52. The predicted octanol–water partition coefficient (Wildman–Crippen LogP) is 3.57. The number of nitrogens with one attached hydrogen (secondary N) is 1. The van der Waals surface area contributed by atoms with E-state index in [-0.39, 0.29) is 11.7 Å². The molecule has 0 aromatic heterocycles. The number of ether oxygens (including phenoxy) is 2. The molecule has 0 unspecified atom stereocenters. The Morgan fingerprint density at radius 1 is 1.33 bits per heavy atom. The summed E-state index contributed by atoms with van der Waals surface area (Å²) in [4.78, 5) is 0. The lowest BCUT2D eigenvalue weighted by Crippen LogP contribution is -2.54. The number of halogens is 1. The fourth-order valence-corrected chi connectivity index (χ4v) is 4.36. The molecule has 21 heavy (non-hydrogen) atoms. The van der Waals surface area contributed by atoms with Crippen molar-refractivity contribution in [2.45, 2.75) is 44.5 Å². The van der Waals surface area contributed by atoms with Crippen LogP contribution in [0.2, 0.25) is 5.02 Å². The highest BCUT2D eigenvalue weighted by Crippen LogP contribution is 2.52. The van der Waals surface area contributed by atoms with Crippen LogP contribution in [0, 0.1) is 11.8 Å². The summed E-state index contributed by atoms with van der Waals surface area (Å²) in [6, 6.07) is 5.89. The van der Waals surface area contributed by atoms with Crippen LogP contribution in [0.5, 0.6) is 5.75 Å². The van der Waals surface area contributed by atoms with Crippen molar-refractivity contribution in [3.05, 3.63) is 28.8 Å². The summed E-state index contributed by atoms with van der Waals surface area (Å²) >= 11 is 6.20. The minimum atomic E-state index is -0.200. The van der Waals surface area contributed by atoms with Gasteiger partial charge in [-0.2, -0.15) is 0 Å². The Labute approximate surface area is 131 Å². The number of piperidine rings is 1. The Morgan fingerprint density at radius 2 is 2.19 bits per heavy atom. The Balaban J connectivity index is 1.74. The van der Waals surface area contributed by atoms with Crippen molar-refractivity contribution in [1.82, 2.24) is 5.32 Å². The highest BCUT2D eigenvalue weighted by molar-refractivity contribution is 6.30. The van der Waals surface area contributed by atoms with Crippen LogP contribution in [-0.4, -0.2) is 24.8 Å². The van der Waals surface area contributed by atoms with E-state index < -0.39 is 0 Å². The first-order valence-electron chi connectivity index (χ1n) is 7.89. The summed E-state index contributed by atoms with van der Waals surface area (Å²) in [7, 11) is 0. The Morgan fingerprint density at radius 3 is 3.05 bits per heavy atom. The molecule has 2 fully saturated rings. The maximum Gasteiger partial charge on any atom is 0.126 e. The van der Waals surface area contributed by atoms with Crippen molar-refractivity contribution in [3.63, 3.8) is 0 Å². The van der Waals surface area contributed by atoms with E-state index in [1.165, 1.54) is 0 Å². The number of rotatable bonds is 0. The lowest BCUT2D eigenvalue weighted by atomic mass is 9.71. The van der Waals surface area contributed by atoms with Crippen molar-refractivity contribution in [3.8, 4) is 5.75 Å². The van der Waals surface area contributed by atoms with Gasteiger partial charge in [-0.3, -0.25) is 0 Å². The topological polar surface area (TPSA) is 30.5 Å². The molecule has 4 atom stereocenters. The molecule has 4 heteroatoms. The first-order chi connectivity index (χ1) is 10.0. The third-order valence-electron chi connectivity index (χ3n) is 5.33. The zero-order valence-corrected chi connectivity index (χ0v) is 13.3. The predicted molar refractivity (Wildman–Crippen MR) is 82.9 cm³/mol. The van der Waals surface area contributed by atoms with Crippen molar-refractivity contribution in [1.29, 1.82) is 0 Å². The monoisotopic (exact) mass is 307 g/mol. The molecule has 3 nitrogen and oxygen atoms in total. The molecular formula is C17H22ClNO2. The van der Waals surface area contributed by atoms with E-state index >= 15 is 0 Å². The summed E-state index contributed by atoms with van der Waals surface area (Å²) in [5.74, 6) is 1.91. The molecule has 3 heterocycles. The molecule has 1 aromatic rings. The number of hydrogen-bond acceptors (Lipinski definition) is 3. The van der Waals surface area contributed by atoms with Crippen LogP contribution in [-0.2, 0) is 4.74 Å². The van der Waals surface area contributed by atoms with Crippen LogP contribution in [0.15, 0.2) is 18.2 Å². The zero-order valence-electron chi connectivity index (χ0n) is 12.6. The standard InChI is InChI=1S/C17H22ClNO2/c1-17(2)13-7-10-9-19-6-5-14(10)20-16(13)12-8-11(18)3-4-15(12)21-17/h3-4,8,10,13-14,16,19H,5-7,9H2,1-2H3/t10-,13-,14-,16+/m1/s1. The molecule has 3 aliphatic heterocycles. The van der Waals surface area contributed by atoms with Crippen molar-refractivity contribution in [2.75, 3.05) is 13.1 Å². The van der Waals surface area contributed by atoms with Gasteiger partial charge in [-0.25, -0.2) is 0 Å². The SMILES string of the molecule is CC1(C)Oc2ccc(Cl)cc2[C@@H]2O[C@@H]3CCNC[C@H]3C[C@H]21. The van der Waals surface area contributed by atoms with E-state index in [1.54, 1.807) is 0 Å². The highest BCUT2D eigenvalue weighted by Gasteiger charge is 2.50. The molecule has 0 amide bonds. The van der Waals surface area contributed by atoms with Crippen LogP contribution >= 0.6 is 11.6 Å². The molecule has 0 bridgehead atoms. The first-order valence-corrected chi connectivity index (χ1v) is 8.27. The maximum absolute atomic E-state index is 6.53. The molecule has 114 valence electrons. The highest BCUT2D eigenvalue weighted by atomic mass is 35.5. The normalized spacial score (nSPS) is 36.9. The minimum absolute atomic E-state index is 0.113. The van der Waals surface area contributed by atoms with Gasteiger partial charge < -0.3 is 14.8 Å².